The van der Waals surface area contributed by atoms with E-state index in [0.29, 0.717) is 17.5 Å². The van der Waals surface area contributed by atoms with Gasteiger partial charge in [0.1, 0.15) is 17.9 Å². The first-order chi connectivity index (χ1) is 13.4. The van der Waals surface area contributed by atoms with Crippen molar-refractivity contribution in [2.45, 2.75) is 32.4 Å². The molecule has 1 aliphatic heterocycles. The summed E-state index contributed by atoms with van der Waals surface area (Å²) in [6, 6.07) is 12.9. The molecule has 2 aromatic carbocycles. The van der Waals surface area contributed by atoms with Crippen LogP contribution in [0.3, 0.4) is 0 Å². The highest BCUT2D eigenvalue weighted by Gasteiger charge is 2.51. The van der Waals surface area contributed by atoms with Crippen molar-refractivity contribution in [2.24, 2.45) is 0 Å². The summed E-state index contributed by atoms with van der Waals surface area (Å²) in [5.74, 6) is -1.23. The first kappa shape index (κ1) is 19.5. The Labute approximate surface area is 162 Å². The van der Waals surface area contributed by atoms with Crippen LogP contribution in [0.2, 0.25) is 0 Å². The molecule has 1 atom stereocenters. The van der Waals surface area contributed by atoms with Crippen LogP contribution in [-0.4, -0.2) is 29.3 Å². The Balaban J connectivity index is 1.68. The maximum absolute atomic E-state index is 13.3. The Morgan fingerprint density at radius 2 is 1.89 bits per heavy atom. The van der Waals surface area contributed by atoms with E-state index in [4.69, 9.17) is 0 Å². The molecule has 3 rings (SSSR count). The van der Waals surface area contributed by atoms with Gasteiger partial charge in [0.2, 0.25) is 5.91 Å². The van der Waals surface area contributed by atoms with E-state index in [1.54, 1.807) is 43.3 Å². The average Bonchev–Trinajstić information content (AvgIpc) is 2.94. The van der Waals surface area contributed by atoms with E-state index in [1.807, 2.05) is 13.0 Å². The number of carbonyl (C=O) groups excluding carboxylic acids is 3. The maximum Gasteiger partial charge on any atom is 0.325 e. The highest BCUT2D eigenvalue weighted by atomic mass is 19.1. The molecule has 6 nitrogen and oxygen atoms in total. The van der Waals surface area contributed by atoms with Gasteiger partial charge in [-0.2, -0.15) is 0 Å². The fourth-order valence-corrected chi connectivity index (χ4v) is 3.35. The van der Waals surface area contributed by atoms with Crippen molar-refractivity contribution < 1.29 is 18.8 Å². The third kappa shape index (κ3) is 3.60. The summed E-state index contributed by atoms with van der Waals surface area (Å²) in [5.41, 5.74) is 0.737. The summed E-state index contributed by atoms with van der Waals surface area (Å²) in [6.07, 6.45) is 0.370. The quantitative estimate of drug-likeness (QED) is 0.753. The van der Waals surface area contributed by atoms with Crippen molar-refractivity contribution >= 4 is 17.8 Å². The molecule has 2 aromatic rings. The number of imide groups is 1. The number of rotatable bonds is 6. The van der Waals surface area contributed by atoms with E-state index < -0.39 is 23.4 Å². The number of hydrogen-bond donors (Lipinski definition) is 2. The molecule has 1 saturated heterocycles. The van der Waals surface area contributed by atoms with Crippen LogP contribution >= 0.6 is 0 Å². The predicted octanol–water partition coefficient (Wildman–Crippen LogP) is 2.61. The van der Waals surface area contributed by atoms with Crippen molar-refractivity contribution in [2.75, 3.05) is 6.54 Å². The number of aryl methyl sites for hydroxylation is 1. The zero-order chi connectivity index (χ0) is 20.3. The van der Waals surface area contributed by atoms with Crippen LogP contribution in [0.15, 0.2) is 48.5 Å². The van der Waals surface area contributed by atoms with Gasteiger partial charge in [0.15, 0.2) is 0 Å². The first-order valence-corrected chi connectivity index (χ1v) is 9.08. The number of urea groups is 1. The second-order valence-corrected chi connectivity index (χ2v) is 6.81. The summed E-state index contributed by atoms with van der Waals surface area (Å²) in [7, 11) is 0. The van der Waals surface area contributed by atoms with E-state index in [0.717, 1.165) is 10.5 Å². The number of hydrogen-bond acceptors (Lipinski definition) is 3. The molecule has 1 heterocycles. The van der Waals surface area contributed by atoms with Crippen LogP contribution in [0.4, 0.5) is 9.18 Å². The van der Waals surface area contributed by atoms with Crippen molar-refractivity contribution in [3.63, 3.8) is 0 Å². The molecule has 0 saturated carbocycles. The van der Waals surface area contributed by atoms with Crippen molar-refractivity contribution in [3.05, 3.63) is 71.0 Å². The SMILES string of the molecule is CCC1(c2ccccc2)NC(=O)N(CC(=O)NCc2ccc(F)c(C)c2)C1=O. The molecule has 28 heavy (non-hydrogen) atoms. The second kappa shape index (κ2) is 7.80. The lowest BCUT2D eigenvalue weighted by Crippen LogP contribution is -2.44. The first-order valence-electron chi connectivity index (χ1n) is 9.08. The molecule has 1 fully saturated rings. The van der Waals surface area contributed by atoms with Gasteiger partial charge in [-0.15, -0.1) is 0 Å². The molecule has 7 heteroatoms. The molecule has 4 amide bonds. The van der Waals surface area contributed by atoms with E-state index in [1.165, 1.54) is 6.07 Å². The summed E-state index contributed by atoms with van der Waals surface area (Å²) < 4.78 is 13.3. The average molecular weight is 383 g/mol. The molecule has 1 aliphatic rings. The molecule has 1 unspecified atom stereocenters. The molecule has 0 bridgehead atoms. The van der Waals surface area contributed by atoms with E-state index >= 15 is 0 Å². The van der Waals surface area contributed by atoms with Crippen LogP contribution in [0.5, 0.6) is 0 Å². The Kier molecular flexibility index (Phi) is 5.44. The van der Waals surface area contributed by atoms with Gasteiger partial charge in [0, 0.05) is 6.54 Å². The number of amides is 4. The fraction of sp³-hybridized carbons (Fsp3) is 0.286. The number of carbonyl (C=O) groups is 3. The number of benzene rings is 2. The van der Waals surface area contributed by atoms with Crippen molar-refractivity contribution in [3.8, 4) is 0 Å². The zero-order valence-corrected chi connectivity index (χ0v) is 15.8. The summed E-state index contributed by atoms with van der Waals surface area (Å²) in [6.45, 7) is 3.26. The fourth-order valence-electron chi connectivity index (χ4n) is 3.35. The molecule has 2 N–H and O–H groups in total. The largest absolute Gasteiger partial charge is 0.350 e. The van der Waals surface area contributed by atoms with Crippen LogP contribution in [0.1, 0.15) is 30.0 Å². The van der Waals surface area contributed by atoms with Gasteiger partial charge >= 0.3 is 6.03 Å². The monoisotopic (exact) mass is 383 g/mol. The van der Waals surface area contributed by atoms with Gasteiger partial charge in [-0.05, 0) is 36.1 Å². The van der Waals surface area contributed by atoms with Gasteiger partial charge in [-0.25, -0.2) is 9.18 Å². The maximum atomic E-state index is 13.3. The van der Waals surface area contributed by atoms with Gasteiger partial charge in [-0.3, -0.25) is 14.5 Å². The second-order valence-electron chi connectivity index (χ2n) is 6.81. The highest BCUT2D eigenvalue weighted by molar-refractivity contribution is 6.09. The topological polar surface area (TPSA) is 78.5 Å². The predicted molar refractivity (Wildman–Crippen MR) is 102 cm³/mol. The van der Waals surface area contributed by atoms with E-state index in [-0.39, 0.29) is 18.9 Å². The van der Waals surface area contributed by atoms with Crippen LogP contribution < -0.4 is 10.6 Å². The van der Waals surface area contributed by atoms with Gasteiger partial charge in [-0.1, -0.05) is 49.4 Å². The summed E-state index contributed by atoms with van der Waals surface area (Å²) in [5, 5.41) is 5.41. The smallest absolute Gasteiger partial charge is 0.325 e. The number of nitrogens with one attached hydrogen (secondary N) is 2. The van der Waals surface area contributed by atoms with Crippen LogP contribution in [0, 0.1) is 12.7 Å². The minimum Gasteiger partial charge on any atom is -0.350 e. The summed E-state index contributed by atoms with van der Waals surface area (Å²) >= 11 is 0. The number of nitrogens with zero attached hydrogens (tertiary/aromatic N) is 1. The van der Waals surface area contributed by atoms with Crippen LogP contribution in [0.25, 0.3) is 0 Å². The van der Waals surface area contributed by atoms with Gasteiger partial charge in [0.05, 0.1) is 0 Å². The Hall–Kier alpha value is -3.22. The zero-order valence-electron chi connectivity index (χ0n) is 15.8. The Morgan fingerprint density at radius 3 is 2.54 bits per heavy atom. The Bertz CT molecular complexity index is 916. The van der Waals surface area contributed by atoms with Crippen molar-refractivity contribution in [1.29, 1.82) is 0 Å². The third-order valence-electron chi connectivity index (χ3n) is 4.99. The molecule has 146 valence electrons. The molecule has 0 aromatic heterocycles. The van der Waals surface area contributed by atoms with Crippen LogP contribution in [-0.2, 0) is 21.7 Å². The molecule has 0 radical (unpaired) electrons. The molecule has 0 spiro atoms. The normalized spacial score (nSPS) is 18.9. The lowest BCUT2D eigenvalue weighted by Gasteiger charge is -2.25. The summed E-state index contributed by atoms with van der Waals surface area (Å²) in [4.78, 5) is 38.6. The van der Waals surface area contributed by atoms with E-state index in [9.17, 15) is 18.8 Å². The lowest BCUT2D eigenvalue weighted by molar-refractivity contribution is -0.135. The Morgan fingerprint density at radius 1 is 1.18 bits per heavy atom. The highest BCUT2D eigenvalue weighted by Crippen LogP contribution is 2.32. The third-order valence-corrected chi connectivity index (χ3v) is 4.99. The van der Waals surface area contributed by atoms with E-state index in [2.05, 4.69) is 10.6 Å². The van der Waals surface area contributed by atoms with Gasteiger partial charge in [0.25, 0.3) is 5.91 Å². The molecular formula is C21H22FN3O3. The molecule has 0 aliphatic carbocycles. The van der Waals surface area contributed by atoms with Crippen molar-refractivity contribution in [1.82, 2.24) is 15.5 Å². The standard InChI is InChI=1S/C21H22FN3O3/c1-3-21(16-7-5-4-6-8-16)19(27)25(20(28)24-21)13-18(26)23-12-15-9-10-17(22)14(2)11-15/h4-11H,3,12-13H2,1-2H3,(H,23,26)(H,24,28). The number of halogens is 1. The molecular weight excluding hydrogens is 361 g/mol. The minimum absolute atomic E-state index is 0.182. The lowest BCUT2D eigenvalue weighted by atomic mass is 9.87. The minimum atomic E-state index is -1.16. The van der Waals surface area contributed by atoms with Gasteiger partial charge < -0.3 is 10.6 Å².